The van der Waals surface area contributed by atoms with Gasteiger partial charge >= 0.3 is 11.1 Å². The van der Waals surface area contributed by atoms with E-state index in [-0.39, 0.29) is 12.2 Å². The number of likely N-dealkylation sites (tertiary alicyclic amines) is 1. The van der Waals surface area contributed by atoms with E-state index >= 15 is 0 Å². The van der Waals surface area contributed by atoms with E-state index < -0.39 is 11.1 Å². The monoisotopic (exact) mass is 320 g/mol. The standard InChI is InChI=1S/C14H16N4O3S/c19-12-13(20)18-9-14(21-6-11(18)15-16-12)2-3-17(8-14)5-10-1-4-22-7-10/h1,4,7H,2-3,5-6,8-9H2,(H,16,19)/t14-/m1/s1. The van der Waals surface area contributed by atoms with Gasteiger partial charge in [-0.3, -0.25) is 19.1 Å². The smallest absolute Gasteiger partial charge is 0.330 e. The lowest BCUT2D eigenvalue weighted by molar-refractivity contribution is -0.0853. The Bertz CT molecular complexity index is 797. The number of aromatic nitrogens is 3. The minimum atomic E-state index is -0.672. The van der Waals surface area contributed by atoms with Crippen molar-refractivity contribution in [2.24, 2.45) is 0 Å². The van der Waals surface area contributed by atoms with E-state index in [9.17, 15) is 9.59 Å². The van der Waals surface area contributed by atoms with E-state index in [0.29, 0.717) is 12.4 Å². The lowest BCUT2D eigenvalue weighted by Gasteiger charge is -2.34. The molecule has 1 spiro atoms. The summed E-state index contributed by atoms with van der Waals surface area (Å²) in [5.41, 5.74) is -0.297. The lowest BCUT2D eigenvalue weighted by Crippen LogP contribution is -2.51. The number of fused-ring (bicyclic) bond motifs is 1. The molecule has 2 aromatic heterocycles. The maximum absolute atomic E-state index is 12.0. The average molecular weight is 320 g/mol. The first-order chi connectivity index (χ1) is 10.7. The first-order valence-electron chi connectivity index (χ1n) is 7.21. The van der Waals surface area contributed by atoms with Crippen molar-refractivity contribution in [1.82, 2.24) is 19.7 Å². The van der Waals surface area contributed by atoms with E-state index in [2.05, 4.69) is 31.9 Å². The molecule has 0 aromatic carbocycles. The fourth-order valence-electron chi connectivity index (χ4n) is 3.24. The van der Waals surface area contributed by atoms with Gasteiger partial charge in [0.15, 0.2) is 5.82 Å². The van der Waals surface area contributed by atoms with Crippen LogP contribution in [0.3, 0.4) is 0 Å². The molecule has 0 amide bonds. The minimum Gasteiger partial charge on any atom is -0.364 e. The molecule has 4 rings (SSSR count). The quantitative estimate of drug-likeness (QED) is 0.798. The molecule has 1 fully saturated rings. The summed E-state index contributed by atoms with van der Waals surface area (Å²) in [7, 11) is 0. The van der Waals surface area contributed by atoms with E-state index in [1.165, 1.54) is 10.1 Å². The number of hydrogen-bond donors (Lipinski definition) is 1. The zero-order valence-corrected chi connectivity index (χ0v) is 12.8. The second-order valence-corrected chi connectivity index (χ2v) is 6.70. The van der Waals surface area contributed by atoms with Gasteiger partial charge in [0.25, 0.3) is 0 Å². The average Bonchev–Trinajstić information content (AvgIpc) is 3.15. The molecule has 4 heterocycles. The van der Waals surface area contributed by atoms with Gasteiger partial charge < -0.3 is 4.74 Å². The highest BCUT2D eigenvalue weighted by Crippen LogP contribution is 2.31. The van der Waals surface area contributed by atoms with Crippen LogP contribution < -0.4 is 11.1 Å². The number of thiophene rings is 1. The van der Waals surface area contributed by atoms with Gasteiger partial charge in [0.1, 0.15) is 12.2 Å². The maximum Gasteiger partial charge on any atom is 0.330 e. The van der Waals surface area contributed by atoms with Crippen molar-refractivity contribution in [3.05, 3.63) is 48.9 Å². The van der Waals surface area contributed by atoms with Crippen molar-refractivity contribution in [2.45, 2.75) is 31.7 Å². The molecule has 2 aliphatic heterocycles. The number of rotatable bonds is 2. The Labute approximate surface area is 130 Å². The van der Waals surface area contributed by atoms with Crippen molar-refractivity contribution in [1.29, 1.82) is 0 Å². The second-order valence-electron chi connectivity index (χ2n) is 5.92. The summed E-state index contributed by atoms with van der Waals surface area (Å²) in [5.74, 6) is 0.492. The first-order valence-corrected chi connectivity index (χ1v) is 8.15. The SMILES string of the molecule is O=c1[nH]nc2n(c1=O)C[C@]1(CCN(Cc3ccsc3)C1)OC2. The second kappa shape index (κ2) is 5.15. The number of ether oxygens (including phenoxy) is 1. The van der Waals surface area contributed by atoms with Gasteiger partial charge in [-0.1, -0.05) is 0 Å². The molecule has 1 atom stereocenters. The Kier molecular flexibility index (Phi) is 3.24. The largest absolute Gasteiger partial charge is 0.364 e. The van der Waals surface area contributed by atoms with Gasteiger partial charge in [0, 0.05) is 19.6 Å². The van der Waals surface area contributed by atoms with E-state index in [1.807, 2.05) is 0 Å². The highest BCUT2D eigenvalue weighted by Gasteiger charge is 2.43. The van der Waals surface area contributed by atoms with Crippen molar-refractivity contribution in [3.63, 3.8) is 0 Å². The molecule has 0 saturated carbocycles. The fourth-order valence-corrected chi connectivity index (χ4v) is 3.90. The van der Waals surface area contributed by atoms with Crippen LogP contribution in [0.1, 0.15) is 17.8 Å². The zero-order chi connectivity index (χ0) is 15.2. The molecule has 0 bridgehead atoms. The Morgan fingerprint density at radius 2 is 2.32 bits per heavy atom. The van der Waals surface area contributed by atoms with Crippen LogP contribution in [-0.2, 0) is 24.4 Å². The normalized spacial score (nSPS) is 24.7. The molecule has 2 aromatic rings. The third-order valence-electron chi connectivity index (χ3n) is 4.37. The molecule has 1 N–H and O–H groups in total. The van der Waals surface area contributed by atoms with Crippen LogP contribution in [0.2, 0.25) is 0 Å². The molecule has 22 heavy (non-hydrogen) atoms. The number of aromatic amines is 1. The highest BCUT2D eigenvalue weighted by atomic mass is 32.1. The molecular weight excluding hydrogens is 304 g/mol. The van der Waals surface area contributed by atoms with Crippen LogP contribution in [0.15, 0.2) is 26.4 Å². The number of H-pyrrole nitrogens is 1. The predicted octanol–water partition coefficient (Wildman–Crippen LogP) is 0.168. The van der Waals surface area contributed by atoms with E-state index in [0.717, 1.165) is 26.1 Å². The van der Waals surface area contributed by atoms with Crippen LogP contribution >= 0.6 is 11.3 Å². The number of nitrogens with zero attached hydrogens (tertiary/aromatic N) is 3. The fraction of sp³-hybridized carbons (Fsp3) is 0.500. The van der Waals surface area contributed by atoms with Crippen LogP contribution in [0.5, 0.6) is 0 Å². The van der Waals surface area contributed by atoms with Crippen LogP contribution in [0.4, 0.5) is 0 Å². The predicted molar refractivity (Wildman–Crippen MR) is 80.9 cm³/mol. The summed E-state index contributed by atoms with van der Waals surface area (Å²) in [6, 6.07) is 2.13. The molecule has 0 unspecified atom stereocenters. The zero-order valence-electron chi connectivity index (χ0n) is 11.9. The molecular formula is C14H16N4O3S. The number of nitrogens with one attached hydrogen (secondary N) is 1. The van der Waals surface area contributed by atoms with Gasteiger partial charge in [-0.25, -0.2) is 5.10 Å². The summed E-state index contributed by atoms with van der Waals surface area (Å²) in [6.45, 7) is 3.25. The first kappa shape index (κ1) is 13.9. The van der Waals surface area contributed by atoms with Gasteiger partial charge in [-0.2, -0.15) is 16.4 Å². The Morgan fingerprint density at radius 1 is 1.41 bits per heavy atom. The molecule has 7 nitrogen and oxygen atoms in total. The molecule has 0 radical (unpaired) electrons. The third-order valence-corrected chi connectivity index (χ3v) is 5.10. The maximum atomic E-state index is 12.0. The summed E-state index contributed by atoms with van der Waals surface area (Å²) < 4.78 is 7.48. The van der Waals surface area contributed by atoms with Gasteiger partial charge in [-0.05, 0) is 28.8 Å². The topological polar surface area (TPSA) is 80.2 Å². The summed E-state index contributed by atoms with van der Waals surface area (Å²) in [4.78, 5) is 25.8. The third kappa shape index (κ3) is 2.33. The number of hydrogen-bond acceptors (Lipinski definition) is 6. The summed E-state index contributed by atoms with van der Waals surface area (Å²) in [6.07, 6.45) is 0.857. The molecule has 116 valence electrons. The van der Waals surface area contributed by atoms with Crippen LogP contribution in [0.25, 0.3) is 0 Å². The van der Waals surface area contributed by atoms with Crippen LogP contribution in [0, 0.1) is 0 Å². The van der Waals surface area contributed by atoms with Crippen molar-refractivity contribution >= 4 is 11.3 Å². The van der Waals surface area contributed by atoms with Gasteiger partial charge in [-0.15, -0.1) is 0 Å². The lowest BCUT2D eigenvalue weighted by atomic mass is 10.0. The summed E-state index contributed by atoms with van der Waals surface area (Å²) >= 11 is 1.69. The molecule has 2 aliphatic rings. The highest BCUT2D eigenvalue weighted by molar-refractivity contribution is 7.07. The summed E-state index contributed by atoms with van der Waals surface area (Å²) in [5, 5.41) is 10.3. The van der Waals surface area contributed by atoms with Gasteiger partial charge in [0.2, 0.25) is 0 Å². The Hall–Kier alpha value is -1.77. The van der Waals surface area contributed by atoms with Crippen LogP contribution in [-0.4, -0.2) is 38.4 Å². The van der Waals surface area contributed by atoms with Crippen molar-refractivity contribution in [2.75, 3.05) is 13.1 Å². The molecule has 1 saturated heterocycles. The molecule has 0 aliphatic carbocycles. The van der Waals surface area contributed by atoms with Crippen molar-refractivity contribution < 1.29 is 4.74 Å². The van der Waals surface area contributed by atoms with Gasteiger partial charge in [0.05, 0.1) is 6.54 Å². The van der Waals surface area contributed by atoms with Crippen molar-refractivity contribution in [3.8, 4) is 0 Å². The molecule has 8 heteroatoms. The Morgan fingerprint density at radius 3 is 3.14 bits per heavy atom. The minimum absolute atomic E-state index is 0.262. The van der Waals surface area contributed by atoms with E-state index in [4.69, 9.17) is 4.74 Å². The Balaban J connectivity index is 1.55. The van der Waals surface area contributed by atoms with E-state index in [1.54, 1.807) is 11.3 Å².